The van der Waals surface area contributed by atoms with Crippen LogP contribution < -0.4 is 16.2 Å². The van der Waals surface area contributed by atoms with Gasteiger partial charge in [-0.25, -0.2) is 14.6 Å². The zero-order valence-electron chi connectivity index (χ0n) is 25.4. The normalized spacial score (nSPS) is 26.2. The number of nitrogens with one attached hydrogen (secondary N) is 1. The first-order valence-electron chi connectivity index (χ1n) is 15.1. The Bertz CT molecular complexity index is 1850. The number of phenolic OH excluding ortho intramolecular Hbond substituents is 1. The van der Waals surface area contributed by atoms with Gasteiger partial charge >= 0.3 is 24.3 Å². The third kappa shape index (κ3) is 5.65. The molecule has 0 radical (unpaired) electrons. The van der Waals surface area contributed by atoms with Crippen molar-refractivity contribution in [1.29, 1.82) is 0 Å². The number of H-pyrrole nitrogens is 1. The van der Waals surface area contributed by atoms with Crippen LogP contribution in [0.5, 0.6) is 11.5 Å². The number of likely N-dealkylation sites (tertiary alicyclic amines) is 1. The topological polar surface area (TPSA) is 208 Å². The molecule has 3 heterocycles. The van der Waals surface area contributed by atoms with Crippen LogP contribution in [-0.2, 0) is 27.8 Å². The lowest BCUT2D eigenvalue weighted by Gasteiger charge is -2.62. The summed E-state index contributed by atoms with van der Waals surface area (Å²) in [6.07, 6.45) is -5.85. The number of benzene rings is 2. The first kappa shape index (κ1) is 34.2. The number of carbonyl (C=O) groups is 2. The van der Waals surface area contributed by atoms with Gasteiger partial charge in [0.05, 0.1) is 22.4 Å². The Balaban J connectivity index is 0.000000253. The molecule has 3 aliphatic carbocycles. The molecule has 12 nitrogen and oxygen atoms in total. The number of aromatic amines is 1. The molecule has 1 saturated carbocycles. The molecule has 0 amide bonds. The van der Waals surface area contributed by atoms with E-state index >= 15 is 0 Å². The lowest BCUT2D eigenvalue weighted by atomic mass is 9.49. The fraction of sp³-hybridized carbons (Fsp3) is 0.452. The van der Waals surface area contributed by atoms with E-state index in [-0.39, 0.29) is 23.9 Å². The van der Waals surface area contributed by atoms with Gasteiger partial charge in [0.25, 0.3) is 0 Å². The van der Waals surface area contributed by atoms with E-state index in [0.29, 0.717) is 17.9 Å². The number of rotatable bonds is 3. The highest BCUT2D eigenvalue weighted by Crippen LogP contribution is 2.69. The Hall–Kier alpha value is -4.71. The summed E-state index contributed by atoms with van der Waals surface area (Å²) in [5, 5.41) is 38.9. The molecular formula is C31H31F6N5O7. The Morgan fingerprint density at radius 2 is 1.67 bits per heavy atom. The van der Waals surface area contributed by atoms with Crippen molar-refractivity contribution in [2.45, 2.75) is 67.6 Å². The van der Waals surface area contributed by atoms with E-state index in [9.17, 15) is 36.6 Å². The Labute approximate surface area is 273 Å². The highest BCUT2D eigenvalue weighted by Gasteiger charge is 2.72. The highest BCUT2D eigenvalue weighted by molar-refractivity contribution is 5.90. The number of carboxylic acids is 2. The summed E-state index contributed by atoms with van der Waals surface area (Å²) in [6, 6.07) is 9.68. The number of aliphatic hydroxyl groups is 1. The molecule has 264 valence electrons. The molecule has 9 N–H and O–H groups in total. The average molecular weight is 700 g/mol. The van der Waals surface area contributed by atoms with Crippen LogP contribution >= 0.6 is 0 Å². The van der Waals surface area contributed by atoms with E-state index in [1.165, 1.54) is 18.4 Å². The van der Waals surface area contributed by atoms with Crippen LogP contribution in [0.3, 0.4) is 0 Å². The van der Waals surface area contributed by atoms with Crippen LogP contribution in [0.25, 0.3) is 10.9 Å². The van der Waals surface area contributed by atoms with Crippen molar-refractivity contribution in [2.24, 2.45) is 22.4 Å². The standard InChI is InChI=1S/C27H29N5O3.2C2HF3O2/c28-25(29)30-15-4-5-16-17-11-27(34)20-9-14-3-6-19(33)23-21(14)26(27,7-8-32(20)12-13-1-2-13)24(35-23)22(17)31-18(16)10-15;2*3-2(4,5)1(6)7/h3-6,10,13,20,24,31,33-34H,1-2,7-9,11-12H2,(H4,28,29,30);2*(H,6,7). The smallest absolute Gasteiger partial charge is 0.490 e. The van der Waals surface area contributed by atoms with E-state index in [1.54, 1.807) is 6.07 Å². The van der Waals surface area contributed by atoms with Gasteiger partial charge in [0.2, 0.25) is 0 Å². The molecule has 18 heteroatoms. The second-order valence-electron chi connectivity index (χ2n) is 12.8. The Kier molecular flexibility index (Phi) is 7.97. The third-order valence-corrected chi connectivity index (χ3v) is 9.89. The maximum Gasteiger partial charge on any atom is 0.490 e. The molecule has 3 aromatic rings. The fourth-order valence-corrected chi connectivity index (χ4v) is 7.84. The fourth-order valence-electron chi connectivity index (χ4n) is 7.84. The molecule has 2 bridgehead atoms. The Morgan fingerprint density at radius 3 is 2.24 bits per heavy atom. The molecular weight excluding hydrogens is 668 g/mol. The van der Waals surface area contributed by atoms with E-state index in [1.807, 2.05) is 24.3 Å². The van der Waals surface area contributed by atoms with E-state index in [2.05, 4.69) is 14.9 Å². The number of hydrogen-bond acceptors (Lipinski definition) is 7. The maximum absolute atomic E-state index is 12.8. The molecule has 4 atom stereocenters. The molecule has 1 aromatic heterocycles. The number of aliphatic carboxylic acids is 2. The van der Waals surface area contributed by atoms with Gasteiger partial charge in [-0.1, -0.05) is 12.1 Å². The van der Waals surface area contributed by atoms with Crippen LogP contribution in [-0.4, -0.2) is 85.3 Å². The van der Waals surface area contributed by atoms with Crippen molar-refractivity contribution < 1.29 is 61.1 Å². The summed E-state index contributed by atoms with van der Waals surface area (Å²) in [5.74, 6) is -4.04. The van der Waals surface area contributed by atoms with Crippen LogP contribution in [0.15, 0.2) is 35.3 Å². The summed E-state index contributed by atoms with van der Waals surface area (Å²) < 4.78 is 70.1. The number of alkyl halides is 6. The lowest BCUT2D eigenvalue weighted by Crippen LogP contribution is -2.74. The van der Waals surface area contributed by atoms with Crippen molar-refractivity contribution in [2.75, 3.05) is 13.1 Å². The van der Waals surface area contributed by atoms with Crippen molar-refractivity contribution >= 4 is 34.5 Å². The monoisotopic (exact) mass is 699 g/mol. The second kappa shape index (κ2) is 11.4. The molecule has 2 aromatic carbocycles. The minimum Gasteiger partial charge on any atom is -0.504 e. The quantitative estimate of drug-likeness (QED) is 0.120. The van der Waals surface area contributed by atoms with Crippen molar-refractivity contribution in [3.8, 4) is 11.5 Å². The van der Waals surface area contributed by atoms with E-state index in [4.69, 9.17) is 36.0 Å². The Morgan fingerprint density at radius 1 is 1.04 bits per heavy atom. The molecule has 4 unspecified atom stereocenters. The SMILES string of the molecule is NC(N)=Nc1ccc2c3c([nH]c2c1)C1Oc2c(O)ccc4c2C12CCN(CC1CC1)C(C4)C2(O)C3.O=C(O)C(F)(F)F.O=C(O)C(F)(F)F. The molecule has 1 spiro atoms. The molecule has 2 aliphatic heterocycles. The summed E-state index contributed by atoms with van der Waals surface area (Å²) in [7, 11) is 0. The number of nitrogens with two attached hydrogens (primary N) is 2. The number of piperidine rings is 1. The highest BCUT2D eigenvalue weighted by atomic mass is 19.4. The molecule has 8 rings (SSSR count). The number of ether oxygens (including phenoxy) is 1. The zero-order valence-corrected chi connectivity index (χ0v) is 25.4. The summed E-state index contributed by atoms with van der Waals surface area (Å²) >= 11 is 0. The van der Waals surface area contributed by atoms with E-state index in [0.717, 1.165) is 59.6 Å². The van der Waals surface area contributed by atoms with Gasteiger partial charge in [0.15, 0.2) is 23.6 Å². The van der Waals surface area contributed by atoms with Crippen LogP contribution in [0, 0.1) is 5.92 Å². The number of halogens is 6. The van der Waals surface area contributed by atoms with Crippen molar-refractivity contribution in [3.05, 3.63) is 52.7 Å². The van der Waals surface area contributed by atoms with Crippen molar-refractivity contribution in [1.82, 2.24) is 9.88 Å². The predicted octanol–water partition coefficient (Wildman–Crippen LogP) is 3.74. The number of guanidine groups is 1. The number of aromatic hydroxyl groups is 1. The molecule has 5 aliphatic rings. The lowest BCUT2D eigenvalue weighted by molar-refractivity contribution is -0.193. The first-order valence-corrected chi connectivity index (χ1v) is 15.1. The maximum atomic E-state index is 12.8. The minimum absolute atomic E-state index is 0.0158. The first-order chi connectivity index (χ1) is 22.8. The molecule has 49 heavy (non-hydrogen) atoms. The van der Waals surface area contributed by atoms with Crippen LogP contribution in [0.1, 0.15) is 47.8 Å². The average Bonchev–Trinajstić information content (AvgIpc) is 3.63. The van der Waals surface area contributed by atoms with Crippen LogP contribution in [0.4, 0.5) is 32.0 Å². The van der Waals surface area contributed by atoms with Gasteiger partial charge in [-0.15, -0.1) is 0 Å². The summed E-state index contributed by atoms with van der Waals surface area (Å²) in [5.41, 5.74) is 15.5. The predicted molar refractivity (Wildman–Crippen MR) is 159 cm³/mol. The minimum atomic E-state index is -5.08. The number of fused-ring (bicyclic) bond motifs is 4. The number of aliphatic imine (C=N–C) groups is 1. The molecule has 2 fully saturated rings. The van der Waals surface area contributed by atoms with Gasteiger partial charge in [-0.2, -0.15) is 26.3 Å². The van der Waals surface area contributed by atoms with Gasteiger partial charge in [0, 0.05) is 35.5 Å². The number of phenols is 1. The third-order valence-electron chi connectivity index (χ3n) is 9.89. The number of aromatic nitrogens is 1. The van der Waals surface area contributed by atoms with Gasteiger partial charge in [-0.3, -0.25) is 4.90 Å². The van der Waals surface area contributed by atoms with Gasteiger partial charge in [-0.05, 0) is 67.5 Å². The second-order valence-corrected chi connectivity index (χ2v) is 12.8. The van der Waals surface area contributed by atoms with Crippen LogP contribution in [0.2, 0.25) is 0 Å². The van der Waals surface area contributed by atoms with Gasteiger partial charge < -0.3 is 41.6 Å². The van der Waals surface area contributed by atoms with E-state index < -0.39 is 35.3 Å². The number of nitrogens with zero attached hydrogens (tertiary/aromatic N) is 2. The number of carboxylic acid groups (broad SMARTS) is 2. The summed E-state index contributed by atoms with van der Waals surface area (Å²) in [4.78, 5) is 28.2. The molecule has 1 saturated heterocycles. The number of hydrogen-bond donors (Lipinski definition) is 7. The van der Waals surface area contributed by atoms with Gasteiger partial charge in [0.1, 0.15) is 0 Å². The largest absolute Gasteiger partial charge is 0.504 e. The van der Waals surface area contributed by atoms with Crippen molar-refractivity contribution in [3.63, 3.8) is 0 Å². The summed E-state index contributed by atoms with van der Waals surface area (Å²) in [6.45, 7) is 1.99. The zero-order chi connectivity index (χ0) is 35.8.